The highest BCUT2D eigenvalue weighted by molar-refractivity contribution is 5.26. The molecule has 0 aromatic heterocycles. The molecule has 2 heteroatoms. The number of aliphatic hydroxyl groups is 1. The molecule has 2 saturated carbocycles. The van der Waals surface area contributed by atoms with Gasteiger partial charge < -0.3 is 9.84 Å². The summed E-state index contributed by atoms with van der Waals surface area (Å²) in [6.07, 6.45) is 2.51. The lowest BCUT2D eigenvalue weighted by Crippen LogP contribution is -2.40. The molecule has 3 rings (SSSR count). The van der Waals surface area contributed by atoms with Gasteiger partial charge in [0.25, 0.3) is 0 Å². The fraction of sp³-hybridized carbons (Fsp3) is 1.00. The monoisotopic (exact) mass is 168 g/mol. The van der Waals surface area contributed by atoms with Gasteiger partial charge in [-0.25, -0.2) is 0 Å². The predicted molar refractivity (Wildman–Crippen MR) is 44.4 cm³/mol. The van der Waals surface area contributed by atoms with Crippen molar-refractivity contribution >= 4 is 0 Å². The Balaban J connectivity index is 2.16. The third kappa shape index (κ3) is 0.428. The van der Waals surface area contributed by atoms with E-state index in [1.807, 2.05) is 0 Å². The largest absolute Gasteiger partial charge is 0.363 e. The van der Waals surface area contributed by atoms with E-state index in [1.54, 1.807) is 0 Å². The first-order chi connectivity index (χ1) is 5.43. The summed E-state index contributed by atoms with van der Waals surface area (Å²) in [6, 6.07) is 0. The van der Waals surface area contributed by atoms with Crippen molar-refractivity contribution in [2.45, 2.75) is 45.5 Å². The second-order valence-corrected chi connectivity index (χ2v) is 5.43. The Labute approximate surface area is 72.9 Å². The van der Waals surface area contributed by atoms with Crippen LogP contribution >= 0.6 is 0 Å². The zero-order valence-corrected chi connectivity index (χ0v) is 7.92. The van der Waals surface area contributed by atoms with E-state index in [9.17, 15) is 5.11 Å². The van der Waals surface area contributed by atoms with E-state index in [4.69, 9.17) is 4.74 Å². The van der Waals surface area contributed by atoms with Gasteiger partial charge in [-0.1, -0.05) is 20.8 Å². The molecule has 12 heavy (non-hydrogen) atoms. The quantitative estimate of drug-likeness (QED) is 0.556. The van der Waals surface area contributed by atoms with Crippen LogP contribution in [0.15, 0.2) is 0 Å². The second kappa shape index (κ2) is 1.48. The molecular weight excluding hydrogens is 152 g/mol. The van der Waals surface area contributed by atoms with Crippen molar-refractivity contribution in [1.29, 1.82) is 0 Å². The molecular formula is C10H16O2. The summed E-state index contributed by atoms with van der Waals surface area (Å²) in [5.74, 6) is -0.160. The highest BCUT2D eigenvalue weighted by Crippen LogP contribution is 2.77. The van der Waals surface area contributed by atoms with Crippen LogP contribution < -0.4 is 0 Å². The molecule has 2 bridgehead atoms. The SMILES string of the molecule is CC1(C)[C@H]2CC[C@@]1(C)[C@@]1(O)OC21. The van der Waals surface area contributed by atoms with Crippen molar-refractivity contribution in [3.8, 4) is 0 Å². The molecule has 0 radical (unpaired) electrons. The van der Waals surface area contributed by atoms with Crippen LogP contribution in [0.3, 0.4) is 0 Å². The number of rotatable bonds is 0. The minimum Gasteiger partial charge on any atom is -0.363 e. The van der Waals surface area contributed by atoms with Crippen LogP contribution in [0.1, 0.15) is 33.6 Å². The van der Waals surface area contributed by atoms with Crippen molar-refractivity contribution in [3.63, 3.8) is 0 Å². The molecule has 1 saturated heterocycles. The third-order valence-corrected chi connectivity index (χ3v) is 5.10. The fourth-order valence-electron chi connectivity index (χ4n) is 3.67. The van der Waals surface area contributed by atoms with Crippen LogP contribution in [-0.4, -0.2) is 17.0 Å². The van der Waals surface area contributed by atoms with Crippen molar-refractivity contribution in [1.82, 2.24) is 0 Å². The molecule has 2 aliphatic carbocycles. The molecule has 1 aliphatic heterocycles. The van der Waals surface area contributed by atoms with Gasteiger partial charge in [-0.3, -0.25) is 0 Å². The standard InChI is InChI=1S/C10H16O2/c1-8(2)6-4-5-9(8,3)10(11)7(6)12-10/h6-7,11H,4-5H2,1-3H3/t6-,7?,9+,10-/m0/s1. The molecule has 0 spiro atoms. The Hall–Kier alpha value is -0.0800. The van der Waals surface area contributed by atoms with Crippen molar-refractivity contribution in [2.75, 3.05) is 0 Å². The average molecular weight is 168 g/mol. The van der Waals surface area contributed by atoms with Gasteiger partial charge in [0.2, 0.25) is 0 Å². The highest BCUT2D eigenvalue weighted by Gasteiger charge is 2.83. The molecule has 0 amide bonds. The normalized spacial score (nSPS) is 65.0. The predicted octanol–water partition coefficient (Wildman–Crippen LogP) is 1.53. The van der Waals surface area contributed by atoms with Crippen LogP contribution in [-0.2, 0) is 4.74 Å². The van der Waals surface area contributed by atoms with Crippen LogP contribution in [0.2, 0.25) is 0 Å². The molecule has 1 unspecified atom stereocenters. The van der Waals surface area contributed by atoms with Gasteiger partial charge in [-0.05, 0) is 24.2 Å². The van der Waals surface area contributed by atoms with Gasteiger partial charge in [0, 0.05) is 5.41 Å². The number of ether oxygens (including phenoxy) is 1. The zero-order valence-electron chi connectivity index (χ0n) is 7.92. The van der Waals surface area contributed by atoms with Crippen LogP contribution in [0.25, 0.3) is 0 Å². The van der Waals surface area contributed by atoms with Crippen molar-refractivity contribution < 1.29 is 9.84 Å². The number of hydrogen-bond acceptors (Lipinski definition) is 2. The smallest absolute Gasteiger partial charge is 0.199 e. The van der Waals surface area contributed by atoms with Crippen molar-refractivity contribution in [2.24, 2.45) is 16.7 Å². The molecule has 3 aliphatic rings. The molecule has 0 aromatic rings. The maximum Gasteiger partial charge on any atom is 0.199 e. The van der Waals surface area contributed by atoms with Gasteiger partial charge in [-0.2, -0.15) is 0 Å². The summed E-state index contributed by atoms with van der Waals surface area (Å²) < 4.78 is 5.42. The summed E-state index contributed by atoms with van der Waals surface area (Å²) in [5.41, 5.74) is 0.278. The molecule has 1 heterocycles. The molecule has 2 nitrogen and oxygen atoms in total. The lowest BCUT2D eigenvalue weighted by atomic mass is 9.69. The topological polar surface area (TPSA) is 32.8 Å². The maximum absolute atomic E-state index is 10.1. The second-order valence-electron chi connectivity index (χ2n) is 5.43. The summed E-state index contributed by atoms with van der Waals surface area (Å²) in [6.45, 7) is 6.73. The van der Waals surface area contributed by atoms with Gasteiger partial charge in [-0.15, -0.1) is 0 Å². The van der Waals surface area contributed by atoms with E-state index in [2.05, 4.69) is 20.8 Å². The van der Waals surface area contributed by atoms with Gasteiger partial charge >= 0.3 is 0 Å². The van der Waals surface area contributed by atoms with E-state index in [0.29, 0.717) is 5.92 Å². The Morgan fingerprint density at radius 1 is 1.33 bits per heavy atom. The summed E-state index contributed by atoms with van der Waals surface area (Å²) in [5, 5.41) is 10.1. The third-order valence-electron chi connectivity index (χ3n) is 5.10. The lowest BCUT2D eigenvalue weighted by molar-refractivity contribution is -0.114. The average Bonchev–Trinajstić information content (AvgIpc) is 2.54. The van der Waals surface area contributed by atoms with E-state index in [-0.39, 0.29) is 16.9 Å². The summed E-state index contributed by atoms with van der Waals surface area (Å²) in [7, 11) is 0. The van der Waals surface area contributed by atoms with Crippen LogP contribution in [0, 0.1) is 16.7 Å². The summed E-state index contributed by atoms with van der Waals surface area (Å²) in [4.78, 5) is 0. The molecule has 4 atom stereocenters. The number of fused-ring (bicyclic) bond motifs is 5. The molecule has 1 N–H and O–H groups in total. The Bertz CT molecular complexity index is 261. The molecule has 3 fully saturated rings. The van der Waals surface area contributed by atoms with Gasteiger partial charge in [0.15, 0.2) is 5.79 Å². The Kier molecular flexibility index (Phi) is 0.906. The van der Waals surface area contributed by atoms with E-state index in [1.165, 1.54) is 6.42 Å². The first-order valence-electron chi connectivity index (χ1n) is 4.84. The Morgan fingerprint density at radius 3 is 2.33 bits per heavy atom. The number of epoxide rings is 1. The minimum atomic E-state index is -0.751. The van der Waals surface area contributed by atoms with Crippen molar-refractivity contribution in [3.05, 3.63) is 0 Å². The van der Waals surface area contributed by atoms with E-state index >= 15 is 0 Å². The Morgan fingerprint density at radius 2 is 2.00 bits per heavy atom. The molecule has 0 aromatic carbocycles. The van der Waals surface area contributed by atoms with E-state index < -0.39 is 5.79 Å². The first kappa shape index (κ1) is 7.34. The maximum atomic E-state index is 10.1. The zero-order chi connectivity index (χ0) is 8.78. The van der Waals surface area contributed by atoms with Gasteiger partial charge in [0.05, 0.1) is 0 Å². The lowest BCUT2D eigenvalue weighted by Gasteiger charge is -2.38. The molecule has 68 valence electrons. The van der Waals surface area contributed by atoms with Crippen LogP contribution in [0.5, 0.6) is 0 Å². The fourth-order valence-corrected chi connectivity index (χ4v) is 3.67. The summed E-state index contributed by atoms with van der Waals surface area (Å²) >= 11 is 0. The minimum absolute atomic E-state index is 0.00926. The van der Waals surface area contributed by atoms with E-state index in [0.717, 1.165) is 6.42 Å². The first-order valence-corrected chi connectivity index (χ1v) is 4.84. The van der Waals surface area contributed by atoms with Crippen LogP contribution in [0.4, 0.5) is 0 Å². The highest BCUT2D eigenvalue weighted by atomic mass is 16.7. The van der Waals surface area contributed by atoms with Gasteiger partial charge in [0.1, 0.15) is 6.10 Å². The number of hydrogen-bond donors (Lipinski definition) is 1.